The molecule has 6 nitrogen and oxygen atoms in total. The van der Waals surface area contributed by atoms with Crippen LogP contribution in [-0.4, -0.2) is 71.0 Å². The highest BCUT2D eigenvalue weighted by Crippen LogP contribution is 2.36. The van der Waals surface area contributed by atoms with Crippen LogP contribution in [0.1, 0.15) is 32.0 Å². The molecule has 1 unspecified atom stereocenters. The molecular weight excluding hydrogens is 346 g/mol. The van der Waals surface area contributed by atoms with Crippen molar-refractivity contribution < 1.29 is 4.79 Å². The number of aryl methyl sites for hydroxylation is 1. The van der Waals surface area contributed by atoms with Gasteiger partial charge in [0.1, 0.15) is 16.5 Å². The van der Waals surface area contributed by atoms with Gasteiger partial charge in [-0.15, -0.1) is 11.3 Å². The summed E-state index contributed by atoms with van der Waals surface area (Å²) in [6, 6.07) is 2.13. The number of aromatic nitrogens is 2. The number of amides is 1. The maximum absolute atomic E-state index is 12.4. The molecule has 2 saturated heterocycles. The molecule has 26 heavy (non-hydrogen) atoms. The molecule has 1 amide bonds. The maximum atomic E-state index is 12.4. The van der Waals surface area contributed by atoms with Crippen molar-refractivity contribution in [3.63, 3.8) is 0 Å². The van der Waals surface area contributed by atoms with E-state index in [-0.39, 0.29) is 5.54 Å². The van der Waals surface area contributed by atoms with Crippen LogP contribution in [-0.2, 0) is 4.79 Å². The molecule has 4 rings (SSSR count). The van der Waals surface area contributed by atoms with E-state index in [9.17, 15) is 4.79 Å². The molecule has 2 aromatic rings. The number of anilines is 1. The lowest BCUT2D eigenvalue weighted by molar-refractivity contribution is -0.130. The van der Waals surface area contributed by atoms with Crippen molar-refractivity contribution in [2.75, 3.05) is 44.7 Å². The van der Waals surface area contributed by atoms with Gasteiger partial charge in [0.05, 0.1) is 5.39 Å². The normalized spacial score (nSPS) is 25.3. The van der Waals surface area contributed by atoms with Crippen molar-refractivity contribution in [1.82, 2.24) is 19.8 Å². The smallest absolute Gasteiger partial charge is 0.222 e. The Bertz CT molecular complexity index is 821. The first-order valence-electron chi connectivity index (χ1n) is 9.48. The topological polar surface area (TPSA) is 52.6 Å². The molecule has 1 spiro atoms. The van der Waals surface area contributed by atoms with Gasteiger partial charge in [0.15, 0.2) is 0 Å². The number of hydrogen-bond acceptors (Lipinski definition) is 6. The molecule has 7 heteroatoms. The van der Waals surface area contributed by atoms with Gasteiger partial charge in [-0.1, -0.05) is 0 Å². The van der Waals surface area contributed by atoms with Gasteiger partial charge in [-0.05, 0) is 45.2 Å². The zero-order chi connectivity index (χ0) is 18.3. The number of rotatable bonds is 2. The maximum Gasteiger partial charge on any atom is 0.222 e. The summed E-state index contributed by atoms with van der Waals surface area (Å²) in [6.45, 7) is 8.59. The molecule has 0 radical (unpaired) electrons. The Morgan fingerprint density at radius 1 is 1.23 bits per heavy atom. The quantitative estimate of drug-likeness (QED) is 0.810. The number of piperazine rings is 1. The number of likely N-dealkylation sites (tertiary alicyclic amines) is 1. The van der Waals surface area contributed by atoms with Crippen molar-refractivity contribution in [2.45, 2.75) is 38.6 Å². The number of thiophene rings is 1. The molecule has 4 heterocycles. The second kappa shape index (κ2) is 6.78. The molecular formula is C19H27N5OS. The molecule has 1 atom stereocenters. The summed E-state index contributed by atoms with van der Waals surface area (Å²) in [4.78, 5) is 29.7. The zero-order valence-electron chi connectivity index (χ0n) is 15.9. The first-order chi connectivity index (χ1) is 12.5. The minimum atomic E-state index is 0.0407. The van der Waals surface area contributed by atoms with Gasteiger partial charge in [0, 0.05) is 44.7 Å². The van der Waals surface area contributed by atoms with Gasteiger partial charge in [-0.3, -0.25) is 9.69 Å². The van der Waals surface area contributed by atoms with Gasteiger partial charge in [0.2, 0.25) is 5.91 Å². The Hall–Kier alpha value is -1.73. The molecule has 140 valence electrons. The Morgan fingerprint density at radius 3 is 2.88 bits per heavy atom. The monoisotopic (exact) mass is 373 g/mol. The van der Waals surface area contributed by atoms with Crippen LogP contribution in [0.2, 0.25) is 0 Å². The van der Waals surface area contributed by atoms with Crippen LogP contribution in [0.25, 0.3) is 10.2 Å². The van der Waals surface area contributed by atoms with Gasteiger partial charge < -0.3 is 9.80 Å². The lowest BCUT2D eigenvalue weighted by Gasteiger charge is -2.49. The Labute approximate surface area is 158 Å². The van der Waals surface area contributed by atoms with E-state index in [1.54, 1.807) is 11.3 Å². The Balaban J connectivity index is 1.66. The Morgan fingerprint density at radius 2 is 2.08 bits per heavy atom. The average molecular weight is 374 g/mol. The van der Waals surface area contributed by atoms with E-state index in [2.05, 4.69) is 40.2 Å². The summed E-state index contributed by atoms with van der Waals surface area (Å²) in [7, 11) is 2.22. The molecule has 0 aliphatic carbocycles. The molecule has 0 saturated carbocycles. The highest BCUT2D eigenvalue weighted by Gasteiger charge is 2.42. The second-order valence-electron chi connectivity index (χ2n) is 7.52. The van der Waals surface area contributed by atoms with Gasteiger partial charge in [0.25, 0.3) is 0 Å². The number of fused-ring (bicyclic) bond motifs is 1. The molecule has 0 N–H and O–H groups in total. The van der Waals surface area contributed by atoms with Crippen molar-refractivity contribution in [1.29, 1.82) is 0 Å². The third kappa shape index (κ3) is 2.97. The number of carbonyl (C=O) groups is 1. The predicted molar refractivity (Wildman–Crippen MR) is 106 cm³/mol. The minimum Gasteiger partial charge on any atom is -0.353 e. The number of carbonyl (C=O) groups excluding carboxylic acids is 1. The number of nitrogens with zero attached hydrogens (tertiary/aromatic N) is 5. The highest BCUT2D eigenvalue weighted by atomic mass is 32.1. The van der Waals surface area contributed by atoms with Crippen molar-refractivity contribution >= 4 is 33.3 Å². The zero-order valence-corrected chi connectivity index (χ0v) is 16.7. The molecule has 0 bridgehead atoms. The number of likely N-dealkylation sites (N-methyl/N-ethyl adjacent to an activating group) is 1. The van der Waals surface area contributed by atoms with Crippen molar-refractivity contribution in [3.05, 3.63) is 17.3 Å². The SMILES string of the molecule is CCN1CCC2(CCC1=O)CN(c1nc(C)nc3sccc13)CCN2C. The van der Waals surface area contributed by atoms with E-state index in [0.717, 1.165) is 67.4 Å². The Kier molecular flexibility index (Phi) is 4.61. The fraction of sp³-hybridized carbons (Fsp3) is 0.632. The van der Waals surface area contributed by atoms with Crippen LogP contribution in [0.4, 0.5) is 5.82 Å². The summed E-state index contributed by atoms with van der Waals surface area (Å²) in [6.07, 6.45) is 2.59. The van der Waals surface area contributed by atoms with Crippen LogP contribution < -0.4 is 4.90 Å². The van der Waals surface area contributed by atoms with Crippen LogP contribution in [0.15, 0.2) is 11.4 Å². The fourth-order valence-electron chi connectivity index (χ4n) is 4.39. The molecule has 2 fully saturated rings. The molecule has 2 aliphatic rings. The standard InChI is InChI=1S/C19H27N5OS/c1-4-23-9-8-19(7-5-16(23)25)13-24(11-10-22(19)3)17-15-6-12-26-18(15)21-14(2)20-17/h6,12H,4-5,7-11,13H2,1-3H3. The van der Waals surface area contributed by atoms with Gasteiger partial charge >= 0.3 is 0 Å². The van der Waals surface area contributed by atoms with Crippen molar-refractivity contribution in [2.24, 2.45) is 0 Å². The summed E-state index contributed by atoms with van der Waals surface area (Å²) in [5.41, 5.74) is 0.0407. The summed E-state index contributed by atoms with van der Waals surface area (Å²) >= 11 is 1.67. The third-order valence-electron chi connectivity index (χ3n) is 6.10. The van der Waals surface area contributed by atoms with E-state index < -0.39 is 0 Å². The van der Waals surface area contributed by atoms with Gasteiger partial charge in [-0.2, -0.15) is 0 Å². The fourth-order valence-corrected chi connectivity index (χ4v) is 5.20. The highest BCUT2D eigenvalue weighted by molar-refractivity contribution is 7.16. The first-order valence-corrected chi connectivity index (χ1v) is 10.4. The van der Waals surface area contributed by atoms with E-state index in [0.29, 0.717) is 12.3 Å². The van der Waals surface area contributed by atoms with E-state index >= 15 is 0 Å². The van der Waals surface area contributed by atoms with E-state index in [1.165, 1.54) is 0 Å². The lowest BCUT2D eigenvalue weighted by Crippen LogP contribution is -2.61. The van der Waals surface area contributed by atoms with E-state index in [4.69, 9.17) is 4.98 Å². The van der Waals surface area contributed by atoms with Crippen molar-refractivity contribution in [3.8, 4) is 0 Å². The molecule has 2 aliphatic heterocycles. The minimum absolute atomic E-state index is 0.0407. The lowest BCUT2D eigenvalue weighted by atomic mass is 9.86. The van der Waals surface area contributed by atoms with Gasteiger partial charge in [-0.25, -0.2) is 9.97 Å². The van der Waals surface area contributed by atoms with Crippen LogP contribution >= 0.6 is 11.3 Å². The summed E-state index contributed by atoms with van der Waals surface area (Å²) in [5, 5.41) is 3.25. The van der Waals surface area contributed by atoms with Crippen LogP contribution in [0, 0.1) is 6.92 Å². The predicted octanol–water partition coefficient (Wildman–Crippen LogP) is 2.52. The largest absolute Gasteiger partial charge is 0.353 e. The number of hydrogen-bond donors (Lipinski definition) is 0. The second-order valence-corrected chi connectivity index (χ2v) is 8.42. The van der Waals surface area contributed by atoms with E-state index in [1.807, 2.05) is 11.8 Å². The third-order valence-corrected chi connectivity index (χ3v) is 6.91. The summed E-state index contributed by atoms with van der Waals surface area (Å²) < 4.78 is 0. The van der Waals surface area contributed by atoms with Crippen LogP contribution in [0.3, 0.4) is 0 Å². The van der Waals surface area contributed by atoms with Crippen LogP contribution in [0.5, 0.6) is 0 Å². The summed E-state index contributed by atoms with van der Waals surface area (Å²) in [5.74, 6) is 2.19. The molecule has 2 aromatic heterocycles. The molecule has 0 aromatic carbocycles. The average Bonchev–Trinajstić information content (AvgIpc) is 3.03. The first kappa shape index (κ1) is 17.7.